The van der Waals surface area contributed by atoms with Crippen LogP contribution in [0, 0.1) is 0 Å². The highest BCUT2D eigenvalue weighted by atomic mass is 79.9. The molecular formula is C15H16BrNO. The predicted molar refractivity (Wildman–Crippen MR) is 77.8 cm³/mol. The Morgan fingerprint density at radius 3 is 2.22 bits per heavy atom. The second kappa shape index (κ2) is 6.03. The fraction of sp³-hybridized carbons (Fsp3) is 0.200. The molecule has 0 radical (unpaired) electrons. The van der Waals surface area contributed by atoms with Crippen molar-refractivity contribution >= 4 is 15.9 Å². The SMILES string of the molecule is COc1ccc(CC(N)c2ccc(Br)cc2)cc1. The third kappa shape index (κ3) is 3.34. The summed E-state index contributed by atoms with van der Waals surface area (Å²) in [6.45, 7) is 0. The molecule has 0 amide bonds. The quantitative estimate of drug-likeness (QED) is 0.935. The van der Waals surface area contributed by atoms with E-state index in [9.17, 15) is 0 Å². The molecule has 2 aromatic carbocycles. The number of rotatable bonds is 4. The molecule has 2 rings (SSSR count). The van der Waals surface area contributed by atoms with E-state index in [2.05, 4.69) is 40.2 Å². The lowest BCUT2D eigenvalue weighted by molar-refractivity contribution is 0.414. The minimum atomic E-state index is 0.0199. The number of halogens is 1. The van der Waals surface area contributed by atoms with Crippen LogP contribution in [0.15, 0.2) is 53.0 Å². The predicted octanol–water partition coefficient (Wildman–Crippen LogP) is 3.70. The maximum Gasteiger partial charge on any atom is 0.118 e. The van der Waals surface area contributed by atoms with Gasteiger partial charge in [-0.2, -0.15) is 0 Å². The molecule has 0 heterocycles. The van der Waals surface area contributed by atoms with Gasteiger partial charge >= 0.3 is 0 Å². The zero-order valence-corrected chi connectivity index (χ0v) is 11.9. The second-order valence-corrected chi connectivity index (χ2v) is 5.13. The van der Waals surface area contributed by atoms with E-state index in [-0.39, 0.29) is 6.04 Å². The molecule has 0 bridgehead atoms. The van der Waals surface area contributed by atoms with Gasteiger partial charge in [-0.25, -0.2) is 0 Å². The molecule has 0 spiro atoms. The van der Waals surface area contributed by atoms with E-state index in [1.165, 1.54) is 5.56 Å². The van der Waals surface area contributed by atoms with Crippen LogP contribution in [0.3, 0.4) is 0 Å². The van der Waals surface area contributed by atoms with Gasteiger partial charge in [0.2, 0.25) is 0 Å². The molecule has 2 aromatic rings. The molecular weight excluding hydrogens is 290 g/mol. The van der Waals surface area contributed by atoms with Gasteiger partial charge in [-0.1, -0.05) is 40.2 Å². The summed E-state index contributed by atoms with van der Waals surface area (Å²) >= 11 is 3.42. The van der Waals surface area contributed by atoms with Crippen LogP contribution in [-0.4, -0.2) is 7.11 Å². The molecule has 1 atom stereocenters. The number of hydrogen-bond donors (Lipinski definition) is 1. The van der Waals surface area contributed by atoms with E-state index >= 15 is 0 Å². The molecule has 3 heteroatoms. The van der Waals surface area contributed by atoms with Gasteiger partial charge in [0.05, 0.1) is 7.11 Å². The normalized spacial score (nSPS) is 12.2. The number of benzene rings is 2. The lowest BCUT2D eigenvalue weighted by Gasteiger charge is -2.12. The number of hydrogen-bond acceptors (Lipinski definition) is 2. The van der Waals surface area contributed by atoms with Crippen molar-refractivity contribution in [3.8, 4) is 5.75 Å². The Kier molecular flexibility index (Phi) is 4.39. The van der Waals surface area contributed by atoms with Gasteiger partial charge in [-0.05, 0) is 41.8 Å². The van der Waals surface area contributed by atoms with Crippen molar-refractivity contribution in [1.82, 2.24) is 0 Å². The first kappa shape index (κ1) is 13.1. The Morgan fingerprint density at radius 1 is 1.06 bits per heavy atom. The zero-order chi connectivity index (χ0) is 13.0. The summed E-state index contributed by atoms with van der Waals surface area (Å²) < 4.78 is 6.21. The Bertz CT molecular complexity index is 493. The van der Waals surface area contributed by atoms with Gasteiger partial charge in [-0.15, -0.1) is 0 Å². The first-order chi connectivity index (χ1) is 8.69. The maximum absolute atomic E-state index is 6.20. The molecule has 0 aliphatic carbocycles. The number of methoxy groups -OCH3 is 1. The van der Waals surface area contributed by atoms with E-state index in [1.54, 1.807) is 7.11 Å². The van der Waals surface area contributed by atoms with Crippen LogP contribution in [0.1, 0.15) is 17.2 Å². The van der Waals surface area contributed by atoms with Crippen LogP contribution in [0.2, 0.25) is 0 Å². The van der Waals surface area contributed by atoms with E-state index in [0.29, 0.717) is 0 Å². The smallest absolute Gasteiger partial charge is 0.118 e. The van der Waals surface area contributed by atoms with Gasteiger partial charge in [0, 0.05) is 10.5 Å². The molecule has 2 nitrogen and oxygen atoms in total. The highest BCUT2D eigenvalue weighted by Crippen LogP contribution is 2.20. The summed E-state index contributed by atoms with van der Waals surface area (Å²) in [5.74, 6) is 0.871. The Balaban J connectivity index is 2.05. The highest BCUT2D eigenvalue weighted by molar-refractivity contribution is 9.10. The largest absolute Gasteiger partial charge is 0.497 e. The van der Waals surface area contributed by atoms with Crippen molar-refractivity contribution in [1.29, 1.82) is 0 Å². The molecule has 0 aliphatic heterocycles. The first-order valence-corrected chi connectivity index (χ1v) is 6.62. The Morgan fingerprint density at radius 2 is 1.67 bits per heavy atom. The lowest BCUT2D eigenvalue weighted by Crippen LogP contribution is -2.13. The average Bonchev–Trinajstić information content (AvgIpc) is 2.40. The van der Waals surface area contributed by atoms with Crippen LogP contribution in [0.5, 0.6) is 5.75 Å². The molecule has 94 valence electrons. The van der Waals surface area contributed by atoms with Gasteiger partial charge in [0.25, 0.3) is 0 Å². The summed E-state index contributed by atoms with van der Waals surface area (Å²) in [6.07, 6.45) is 0.825. The fourth-order valence-electron chi connectivity index (χ4n) is 1.84. The maximum atomic E-state index is 6.20. The van der Waals surface area contributed by atoms with Crippen molar-refractivity contribution in [2.24, 2.45) is 5.73 Å². The van der Waals surface area contributed by atoms with Crippen molar-refractivity contribution in [2.75, 3.05) is 7.11 Å². The highest BCUT2D eigenvalue weighted by Gasteiger charge is 2.07. The summed E-state index contributed by atoms with van der Waals surface area (Å²) in [5.41, 5.74) is 8.56. The standard InChI is InChI=1S/C15H16BrNO/c1-18-14-8-2-11(3-9-14)10-15(17)12-4-6-13(16)7-5-12/h2-9,15H,10,17H2,1H3. The van der Waals surface area contributed by atoms with Crippen LogP contribution >= 0.6 is 15.9 Å². The van der Waals surface area contributed by atoms with Crippen LogP contribution in [-0.2, 0) is 6.42 Å². The van der Waals surface area contributed by atoms with Crippen molar-refractivity contribution < 1.29 is 4.74 Å². The van der Waals surface area contributed by atoms with E-state index in [4.69, 9.17) is 10.5 Å². The number of nitrogens with two attached hydrogens (primary N) is 1. The third-order valence-electron chi connectivity index (χ3n) is 2.91. The summed E-state index contributed by atoms with van der Waals surface area (Å²) in [7, 11) is 1.67. The summed E-state index contributed by atoms with van der Waals surface area (Å²) in [4.78, 5) is 0. The first-order valence-electron chi connectivity index (χ1n) is 5.83. The summed E-state index contributed by atoms with van der Waals surface area (Å²) in [5, 5.41) is 0. The topological polar surface area (TPSA) is 35.2 Å². The minimum Gasteiger partial charge on any atom is -0.497 e. The van der Waals surface area contributed by atoms with E-state index < -0.39 is 0 Å². The van der Waals surface area contributed by atoms with Gasteiger partial charge in [0.15, 0.2) is 0 Å². The average molecular weight is 306 g/mol. The van der Waals surface area contributed by atoms with E-state index in [0.717, 1.165) is 22.2 Å². The molecule has 18 heavy (non-hydrogen) atoms. The van der Waals surface area contributed by atoms with Gasteiger partial charge in [0.1, 0.15) is 5.75 Å². The van der Waals surface area contributed by atoms with Crippen molar-refractivity contribution in [3.63, 3.8) is 0 Å². The lowest BCUT2D eigenvalue weighted by atomic mass is 10.00. The third-order valence-corrected chi connectivity index (χ3v) is 3.44. The minimum absolute atomic E-state index is 0.0199. The molecule has 0 aromatic heterocycles. The van der Waals surface area contributed by atoms with Gasteiger partial charge in [-0.3, -0.25) is 0 Å². The van der Waals surface area contributed by atoms with Gasteiger partial charge < -0.3 is 10.5 Å². The van der Waals surface area contributed by atoms with Crippen LogP contribution < -0.4 is 10.5 Å². The zero-order valence-electron chi connectivity index (χ0n) is 10.3. The molecule has 1 unspecified atom stereocenters. The molecule has 2 N–H and O–H groups in total. The van der Waals surface area contributed by atoms with Crippen molar-refractivity contribution in [2.45, 2.75) is 12.5 Å². The van der Waals surface area contributed by atoms with Crippen molar-refractivity contribution in [3.05, 3.63) is 64.1 Å². The second-order valence-electron chi connectivity index (χ2n) is 4.21. The molecule has 0 saturated carbocycles. The fourth-order valence-corrected chi connectivity index (χ4v) is 2.11. The van der Waals surface area contributed by atoms with E-state index in [1.807, 2.05) is 24.3 Å². The monoisotopic (exact) mass is 305 g/mol. The summed E-state index contributed by atoms with van der Waals surface area (Å²) in [6, 6.07) is 16.2. The molecule has 0 aliphatic rings. The molecule has 0 saturated heterocycles. The van der Waals surface area contributed by atoms with Crippen LogP contribution in [0.25, 0.3) is 0 Å². The van der Waals surface area contributed by atoms with Crippen LogP contribution in [0.4, 0.5) is 0 Å². The molecule has 0 fully saturated rings. The Labute approximate surface area is 116 Å². The number of ether oxygens (including phenoxy) is 1. The Hall–Kier alpha value is -1.32.